The Labute approximate surface area is 202 Å². The van der Waals surface area contributed by atoms with Crippen LogP contribution in [0.4, 0.5) is 0 Å². The second kappa shape index (κ2) is 16.7. The van der Waals surface area contributed by atoms with Crippen LogP contribution in [0.2, 0.25) is 19.6 Å². The van der Waals surface area contributed by atoms with Gasteiger partial charge in [-0.05, 0) is 25.0 Å². The Morgan fingerprint density at radius 3 is 1.67 bits per heavy atom. The molecular weight excluding hydrogens is 432 g/mol. The molecule has 33 heavy (non-hydrogen) atoms. The van der Waals surface area contributed by atoms with Crippen molar-refractivity contribution in [3.8, 4) is 0 Å². The lowest BCUT2D eigenvalue weighted by atomic mass is 10.1. The minimum Gasteiger partial charge on any atom is -0.474 e. The molecule has 0 atom stereocenters. The van der Waals surface area contributed by atoms with E-state index in [1.54, 1.807) is 12.3 Å². The number of furan rings is 1. The third kappa shape index (κ3) is 12.9. The van der Waals surface area contributed by atoms with Crippen molar-refractivity contribution in [2.45, 2.75) is 111 Å². The summed E-state index contributed by atoms with van der Waals surface area (Å²) in [5.41, 5.74) is 0.630. The third-order valence-electron chi connectivity index (χ3n) is 5.57. The maximum absolute atomic E-state index is 12.7. The molecule has 0 aliphatic rings. The van der Waals surface area contributed by atoms with Gasteiger partial charge in [-0.3, -0.25) is 0 Å². The maximum atomic E-state index is 12.7. The lowest BCUT2D eigenvalue weighted by molar-refractivity contribution is -0.147. The van der Waals surface area contributed by atoms with Crippen molar-refractivity contribution in [2.24, 2.45) is 0 Å². The molecule has 0 N–H and O–H groups in total. The van der Waals surface area contributed by atoms with Gasteiger partial charge in [-0.2, -0.15) is 0 Å². The van der Waals surface area contributed by atoms with Gasteiger partial charge in [-0.1, -0.05) is 97.7 Å². The summed E-state index contributed by atoms with van der Waals surface area (Å²) in [7, 11) is -1.63. The van der Waals surface area contributed by atoms with Crippen LogP contribution in [0.5, 0.6) is 0 Å². The van der Waals surface area contributed by atoms with Crippen LogP contribution in [0, 0.1) is 0 Å². The predicted octanol–water partition coefficient (Wildman–Crippen LogP) is 7.02. The minimum absolute atomic E-state index is 0.0603. The molecule has 1 aromatic rings. The monoisotopic (exact) mass is 478 g/mol. The van der Waals surface area contributed by atoms with Crippen molar-refractivity contribution in [3.05, 3.63) is 23.5 Å². The van der Waals surface area contributed by atoms with Gasteiger partial charge in [0.25, 0.3) is 0 Å². The molecule has 0 aromatic carbocycles. The molecule has 0 saturated heterocycles. The van der Waals surface area contributed by atoms with E-state index in [2.05, 4.69) is 33.5 Å². The Kier molecular flexibility index (Phi) is 14.8. The van der Waals surface area contributed by atoms with Gasteiger partial charge in [0, 0.05) is 5.56 Å². The molecule has 0 aliphatic carbocycles. The normalized spacial score (nSPS) is 11.3. The summed E-state index contributed by atoms with van der Waals surface area (Å²) in [6, 6.07) is 1.91. The molecule has 0 unspecified atom stereocenters. The summed E-state index contributed by atoms with van der Waals surface area (Å²) in [5.74, 6) is -1.24. The number of rotatable bonds is 18. The number of esters is 2. The van der Waals surface area contributed by atoms with Crippen molar-refractivity contribution in [1.29, 1.82) is 0 Å². The van der Waals surface area contributed by atoms with Gasteiger partial charge < -0.3 is 13.9 Å². The molecular formula is C27H46O5Si. The Hall–Kier alpha value is -1.82. The SMILES string of the molecule is CCCCCCCCOC(=O)C(=Cc1coc([Si](C)(C)C)c1)C(=O)OCCCCCCCC. The lowest BCUT2D eigenvalue weighted by Crippen LogP contribution is -2.36. The molecule has 1 aromatic heterocycles. The first-order chi connectivity index (χ1) is 15.8. The van der Waals surface area contributed by atoms with Crippen LogP contribution < -0.4 is 5.38 Å². The lowest BCUT2D eigenvalue weighted by Gasteiger charge is -2.10. The molecule has 0 bridgehead atoms. The number of hydrogen-bond acceptors (Lipinski definition) is 5. The standard InChI is InChI=1S/C27H46O5Si/c1-6-8-10-12-14-16-18-30-26(28)24(20-23-21-25(32-22-23)33(3,4)5)27(29)31-19-17-15-13-11-9-7-2/h20-22H,6-19H2,1-5H3. The zero-order valence-electron chi connectivity index (χ0n) is 21.7. The Bertz CT molecular complexity index is 682. The van der Waals surface area contributed by atoms with Gasteiger partial charge in [-0.25, -0.2) is 9.59 Å². The van der Waals surface area contributed by atoms with E-state index >= 15 is 0 Å². The Morgan fingerprint density at radius 2 is 1.24 bits per heavy atom. The van der Waals surface area contributed by atoms with Gasteiger partial charge in [0.2, 0.25) is 0 Å². The van der Waals surface area contributed by atoms with E-state index in [-0.39, 0.29) is 5.57 Å². The van der Waals surface area contributed by atoms with Crippen molar-refractivity contribution >= 4 is 31.5 Å². The molecule has 1 heterocycles. The highest BCUT2D eigenvalue weighted by Crippen LogP contribution is 2.14. The minimum atomic E-state index is -1.63. The first kappa shape index (κ1) is 29.2. The largest absolute Gasteiger partial charge is 0.474 e. The van der Waals surface area contributed by atoms with Gasteiger partial charge in [-0.15, -0.1) is 0 Å². The Morgan fingerprint density at radius 1 is 0.788 bits per heavy atom. The molecule has 0 amide bonds. The fraction of sp³-hybridized carbons (Fsp3) is 0.704. The number of carbonyl (C=O) groups excluding carboxylic acids is 2. The van der Waals surface area contributed by atoms with Crippen LogP contribution in [0.15, 0.2) is 22.3 Å². The van der Waals surface area contributed by atoms with Crippen LogP contribution in [0.25, 0.3) is 6.08 Å². The smallest absolute Gasteiger partial charge is 0.345 e. The highest BCUT2D eigenvalue weighted by Gasteiger charge is 2.24. The van der Waals surface area contributed by atoms with E-state index in [0.29, 0.717) is 18.8 Å². The summed E-state index contributed by atoms with van der Waals surface area (Å²) in [4.78, 5) is 25.4. The summed E-state index contributed by atoms with van der Waals surface area (Å²) >= 11 is 0. The average molecular weight is 479 g/mol. The topological polar surface area (TPSA) is 65.7 Å². The number of carbonyl (C=O) groups is 2. The van der Waals surface area contributed by atoms with Crippen LogP contribution >= 0.6 is 0 Å². The van der Waals surface area contributed by atoms with Crippen molar-refractivity contribution in [2.75, 3.05) is 13.2 Å². The van der Waals surface area contributed by atoms with Gasteiger partial charge in [0.15, 0.2) is 0 Å². The van der Waals surface area contributed by atoms with Gasteiger partial charge >= 0.3 is 11.9 Å². The summed E-state index contributed by atoms with van der Waals surface area (Å²) in [6.07, 6.45) is 16.4. The Balaban J connectivity index is 2.68. The first-order valence-electron chi connectivity index (χ1n) is 12.9. The van der Waals surface area contributed by atoms with E-state index in [1.165, 1.54) is 38.5 Å². The molecule has 0 fully saturated rings. The fourth-order valence-electron chi connectivity index (χ4n) is 3.44. The van der Waals surface area contributed by atoms with Crippen molar-refractivity contribution in [3.63, 3.8) is 0 Å². The van der Waals surface area contributed by atoms with E-state index in [1.807, 2.05) is 6.07 Å². The molecule has 188 valence electrons. The zero-order chi connectivity index (χ0) is 24.5. The zero-order valence-corrected chi connectivity index (χ0v) is 22.7. The second-order valence-corrected chi connectivity index (χ2v) is 14.9. The quantitative estimate of drug-likeness (QED) is 0.0566. The van der Waals surface area contributed by atoms with Gasteiger partial charge in [0.1, 0.15) is 13.6 Å². The van der Waals surface area contributed by atoms with Crippen LogP contribution in [-0.4, -0.2) is 33.2 Å². The van der Waals surface area contributed by atoms with Crippen LogP contribution in [-0.2, 0) is 19.1 Å². The average Bonchev–Trinajstić information content (AvgIpc) is 3.25. The highest BCUT2D eigenvalue weighted by molar-refractivity contribution is 6.87. The highest BCUT2D eigenvalue weighted by atomic mass is 28.3. The third-order valence-corrected chi connectivity index (χ3v) is 7.31. The molecule has 0 aliphatic heterocycles. The molecule has 1 rings (SSSR count). The first-order valence-corrected chi connectivity index (χ1v) is 16.4. The predicted molar refractivity (Wildman–Crippen MR) is 138 cm³/mol. The molecule has 6 heteroatoms. The van der Waals surface area contributed by atoms with Crippen molar-refractivity contribution < 1.29 is 23.5 Å². The number of unbranched alkanes of at least 4 members (excludes halogenated alkanes) is 10. The molecule has 0 spiro atoms. The summed E-state index contributed by atoms with van der Waals surface area (Å²) in [6.45, 7) is 11.6. The van der Waals surface area contributed by atoms with E-state index in [4.69, 9.17) is 13.9 Å². The van der Waals surface area contributed by atoms with Gasteiger partial charge in [0.05, 0.1) is 24.9 Å². The molecule has 0 radical (unpaired) electrons. The second-order valence-electron chi connectivity index (χ2n) is 9.86. The fourth-order valence-corrected chi connectivity index (χ4v) is 4.45. The maximum Gasteiger partial charge on any atom is 0.345 e. The van der Waals surface area contributed by atoms with E-state index in [9.17, 15) is 9.59 Å². The van der Waals surface area contributed by atoms with Crippen LogP contribution in [0.1, 0.15) is 96.5 Å². The summed E-state index contributed by atoms with van der Waals surface area (Å²) in [5, 5.41) is 0.925. The van der Waals surface area contributed by atoms with E-state index < -0.39 is 20.0 Å². The van der Waals surface area contributed by atoms with Crippen LogP contribution in [0.3, 0.4) is 0 Å². The number of ether oxygens (including phenoxy) is 2. The van der Waals surface area contributed by atoms with Crippen molar-refractivity contribution in [1.82, 2.24) is 0 Å². The van der Waals surface area contributed by atoms with E-state index in [0.717, 1.165) is 43.9 Å². The summed E-state index contributed by atoms with van der Waals surface area (Å²) < 4.78 is 16.5. The molecule has 0 saturated carbocycles. The number of hydrogen-bond donors (Lipinski definition) is 0. The molecule has 5 nitrogen and oxygen atoms in total.